The third-order valence-corrected chi connectivity index (χ3v) is 4.23. The van der Waals surface area contributed by atoms with Crippen LogP contribution in [-0.2, 0) is 0 Å². The Morgan fingerprint density at radius 3 is 2.42 bits per heavy atom. The summed E-state index contributed by atoms with van der Waals surface area (Å²) in [6.45, 7) is 6.03. The van der Waals surface area contributed by atoms with Gasteiger partial charge in [-0.3, -0.25) is 14.9 Å². The SMILES string of the molecule is CC(C)C(C)N(C)C(=O)c1cc([N+](=O)[O-])ccc1I. The molecule has 0 saturated heterocycles. The molecule has 0 spiro atoms. The van der Waals surface area contributed by atoms with Gasteiger partial charge in [-0.15, -0.1) is 0 Å². The smallest absolute Gasteiger partial charge is 0.270 e. The summed E-state index contributed by atoms with van der Waals surface area (Å²) in [6, 6.07) is 4.42. The molecule has 0 N–H and O–H groups in total. The number of nitro benzene ring substituents is 1. The average molecular weight is 376 g/mol. The monoisotopic (exact) mass is 376 g/mol. The lowest BCUT2D eigenvalue weighted by Gasteiger charge is -2.28. The van der Waals surface area contributed by atoms with Crippen LogP contribution in [-0.4, -0.2) is 28.8 Å². The van der Waals surface area contributed by atoms with Crippen molar-refractivity contribution in [3.8, 4) is 0 Å². The lowest BCUT2D eigenvalue weighted by molar-refractivity contribution is -0.384. The van der Waals surface area contributed by atoms with Crippen LogP contribution in [0.2, 0.25) is 0 Å². The van der Waals surface area contributed by atoms with Crippen LogP contribution < -0.4 is 0 Å². The van der Waals surface area contributed by atoms with Gasteiger partial charge in [0.2, 0.25) is 0 Å². The summed E-state index contributed by atoms with van der Waals surface area (Å²) < 4.78 is 0.719. The van der Waals surface area contributed by atoms with Crippen LogP contribution in [0.3, 0.4) is 0 Å². The Bertz CT molecular complexity index is 503. The molecule has 1 amide bonds. The standard InChI is InChI=1S/C13H17IN2O3/c1-8(2)9(3)15(4)13(17)11-7-10(16(18)19)5-6-12(11)14/h5-9H,1-4H3. The molecular formula is C13H17IN2O3. The maximum Gasteiger partial charge on any atom is 0.270 e. The zero-order valence-corrected chi connectivity index (χ0v) is 13.5. The molecule has 0 fully saturated rings. The second kappa shape index (κ2) is 6.31. The predicted octanol–water partition coefficient (Wildman–Crippen LogP) is 3.32. The van der Waals surface area contributed by atoms with Gasteiger partial charge in [0.15, 0.2) is 0 Å². The number of benzene rings is 1. The van der Waals surface area contributed by atoms with Crippen LogP contribution in [0.4, 0.5) is 5.69 Å². The van der Waals surface area contributed by atoms with E-state index in [-0.39, 0.29) is 17.6 Å². The van der Waals surface area contributed by atoms with Gasteiger partial charge < -0.3 is 4.90 Å². The van der Waals surface area contributed by atoms with E-state index in [2.05, 4.69) is 0 Å². The third kappa shape index (κ3) is 3.65. The average Bonchev–Trinajstić information content (AvgIpc) is 2.36. The molecule has 0 bridgehead atoms. The molecule has 104 valence electrons. The molecule has 0 aliphatic rings. The molecule has 1 aromatic carbocycles. The van der Waals surface area contributed by atoms with E-state index >= 15 is 0 Å². The van der Waals surface area contributed by atoms with E-state index < -0.39 is 4.92 Å². The Morgan fingerprint density at radius 1 is 1.37 bits per heavy atom. The molecule has 5 nitrogen and oxygen atoms in total. The molecule has 0 aliphatic carbocycles. The summed E-state index contributed by atoms with van der Waals surface area (Å²) in [5.41, 5.74) is 0.319. The summed E-state index contributed by atoms with van der Waals surface area (Å²) in [6.07, 6.45) is 0. The Balaban J connectivity index is 3.12. The van der Waals surface area contributed by atoms with Crippen molar-refractivity contribution < 1.29 is 9.72 Å². The molecule has 1 aromatic rings. The summed E-state index contributed by atoms with van der Waals surface area (Å²) in [4.78, 5) is 24.3. The normalized spacial score (nSPS) is 12.3. The number of nitrogens with zero attached hydrogens (tertiary/aromatic N) is 2. The fourth-order valence-electron chi connectivity index (χ4n) is 1.61. The van der Waals surface area contributed by atoms with E-state index in [4.69, 9.17) is 0 Å². The van der Waals surface area contributed by atoms with E-state index in [1.165, 1.54) is 12.1 Å². The molecule has 1 unspecified atom stereocenters. The highest BCUT2D eigenvalue weighted by atomic mass is 127. The van der Waals surface area contributed by atoms with E-state index in [9.17, 15) is 14.9 Å². The summed E-state index contributed by atoms with van der Waals surface area (Å²) in [7, 11) is 1.72. The molecule has 0 radical (unpaired) electrons. The first-order valence-electron chi connectivity index (χ1n) is 5.96. The van der Waals surface area contributed by atoms with Crippen molar-refractivity contribution in [3.05, 3.63) is 37.4 Å². The van der Waals surface area contributed by atoms with Crippen LogP contribution >= 0.6 is 22.6 Å². The van der Waals surface area contributed by atoms with Crippen molar-refractivity contribution >= 4 is 34.2 Å². The van der Waals surface area contributed by atoms with E-state index in [0.717, 1.165) is 3.57 Å². The number of nitro groups is 1. The Labute approximate surface area is 126 Å². The highest BCUT2D eigenvalue weighted by Crippen LogP contribution is 2.22. The summed E-state index contributed by atoms with van der Waals surface area (Å²) >= 11 is 2.02. The Hall–Kier alpha value is -1.18. The topological polar surface area (TPSA) is 63.5 Å². The van der Waals surface area contributed by atoms with Gasteiger partial charge in [-0.05, 0) is 41.5 Å². The van der Waals surface area contributed by atoms with Gasteiger partial charge >= 0.3 is 0 Å². The Kier molecular flexibility index (Phi) is 5.28. The molecule has 1 rings (SSSR count). The van der Waals surface area contributed by atoms with Gasteiger partial charge in [-0.2, -0.15) is 0 Å². The maximum absolute atomic E-state index is 12.4. The predicted molar refractivity (Wildman–Crippen MR) is 82.2 cm³/mol. The minimum atomic E-state index is -0.487. The maximum atomic E-state index is 12.4. The minimum absolute atomic E-state index is 0.0608. The van der Waals surface area contributed by atoms with Crippen molar-refractivity contribution in [2.45, 2.75) is 26.8 Å². The summed E-state index contributed by atoms with van der Waals surface area (Å²) in [5.74, 6) is 0.139. The van der Waals surface area contributed by atoms with Crippen LogP contribution in [0.1, 0.15) is 31.1 Å². The van der Waals surface area contributed by atoms with E-state index in [1.807, 2.05) is 43.4 Å². The van der Waals surface area contributed by atoms with Crippen LogP contribution in [0.5, 0.6) is 0 Å². The quantitative estimate of drug-likeness (QED) is 0.460. The van der Waals surface area contributed by atoms with Gasteiger partial charge in [0, 0.05) is 28.8 Å². The van der Waals surface area contributed by atoms with Crippen molar-refractivity contribution in [2.24, 2.45) is 5.92 Å². The second-order valence-corrected chi connectivity index (χ2v) is 5.98. The first-order valence-corrected chi connectivity index (χ1v) is 7.04. The zero-order chi connectivity index (χ0) is 14.7. The number of non-ortho nitro benzene ring substituents is 1. The first-order chi connectivity index (χ1) is 8.75. The Morgan fingerprint density at radius 2 is 1.95 bits per heavy atom. The number of rotatable bonds is 4. The van der Waals surface area contributed by atoms with Crippen molar-refractivity contribution in [1.82, 2.24) is 4.90 Å². The number of amides is 1. The lowest BCUT2D eigenvalue weighted by atomic mass is 10.0. The number of halogens is 1. The highest BCUT2D eigenvalue weighted by molar-refractivity contribution is 14.1. The van der Waals surface area contributed by atoms with Crippen molar-refractivity contribution in [3.63, 3.8) is 0 Å². The molecular weight excluding hydrogens is 359 g/mol. The molecule has 6 heteroatoms. The number of carbonyl (C=O) groups is 1. The largest absolute Gasteiger partial charge is 0.339 e. The fourth-order valence-corrected chi connectivity index (χ4v) is 2.18. The van der Waals surface area contributed by atoms with Gasteiger partial charge in [-0.25, -0.2) is 0 Å². The molecule has 0 heterocycles. The number of hydrogen-bond acceptors (Lipinski definition) is 3. The summed E-state index contributed by atoms with van der Waals surface area (Å²) in [5, 5.41) is 10.8. The fraction of sp³-hybridized carbons (Fsp3) is 0.462. The molecule has 0 saturated carbocycles. The van der Waals surface area contributed by atoms with Gasteiger partial charge in [0.1, 0.15) is 0 Å². The second-order valence-electron chi connectivity index (χ2n) is 4.82. The van der Waals surface area contributed by atoms with E-state index in [1.54, 1.807) is 18.0 Å². The number of hydrogen-bond donors (Lipinski definition) is 0. The zero-order valence-electron chi connectivity index (χ0n) is 11.4. The first kappa shape index (κ1) is 15.9. The third-order valence-electron chi connectivity index (χ3n) is 3.29. The van der Waals surface area contributed by atoms with E-state index in [0.29, 0.717) is 11.5 Å². The molecule has 19 heavy (non-hydrogen) atoms. The molecule has 0 aromatic heterocycles. The van der Waals surface area contributed by atoms with Gasteiger partial charge in [0.25, 0.3) is 11.6 Å². The van der Waals surface area contributed by atoms with Crippen molar-refractivity contribution in [2.75, 3.05) is 7.05 Å². The molecule has 1 atom stereocenters. The van der Waals surface area contributed by atoms with Gasteiger partial charge in [-0.1, -0.05) is 13.8 Å². The van der Waals surface area contributed by atoms with Crippen molar-refractivity contribution in [1.29, 1.82) is 0 Å². The molecule has 0 aliphatic heterocycles. The minimum Gasteiger partial charge on any atom is -0.339 e. The highest BCUT2D eigenvalue weighted by Gasteiger charge is 2.23. The number of carbonyl (C=O) groups excluding carboxylic acids is 1. The van der Waals surface area contributed by atoms with Crippen LogP contribution in [0.25, 0.3) is 0 Å². The van der Waals surface area contributed by atoms with Crippen LogP contribution in [0, 0.1) is 19.6 Å². The van der Waals surface area contributed by atoms with Gasteiger partial charge in [0.05, 0.1) is 10.5 Å². The van der Waals surface area contributed by atoms with Crippen LogP contribution in [0.15, 0.2) is 18.2 Å². The lowest BCUT2D eigenvalue weighted by Crippen LogP contribution is -2.38.